The maximum absolute atomic E-state index is 10.3. The van der Waals surface area contributed by atoms with E-state index in [1.165, 1.54) is 18.0 Å². The molecule has 0 aromatic carbocycles. The minimum atomic E-state index is -3.98. The summed E-state index contributed by atoms with van der Waals surface area (Å²) in [4.78, 5) is 0. The maximum Gasteiger partial charge on any atom is 0.360 e. The first-order valence-electron chi connectivity index (χ1n) is 2.13. The van der Waals surface area contributed by atoms with Crippen LogP contribution in [0, 0.1) is 0 Å². The molecule has 0 aliphatic carbocycles. The van der Waals surface area contributed by atoms with Crippen LogP contribution in [0.4, 0.5) is 0 Å². The molecule has 1 heterocycles. The molecule has 52 valence electrons. The predicted molar refractivity (Wildman–Crippen MR) is 35.0 cm³/mol. The minimum Gasteiger partial charge on any atom is -0.269 e. The van der Waals surface area contributed by atoms with Crippen LogP contribution in [0.1, 0.15) is 0 Å². The van der Waals surface area contributed by atoms with Crippen molar-refractivity contribution in [2.24, 2.45) is 0 Å². The van der Waals surface area contributed by atoms with Gasteiger partial charge in [0.05, 0.1) is 5.88 Å². The van der Waals surface area contributed by atoms with Crippen LogP contribution in [0.25, 0.3) is 0 Å². The zero-order chi connectivity index (χ0) is 6.91. The number of hydrogen-bond acceptors (Lipinski definition) is 3. The van der Waals surface area contributed by atoms with E-state index in [0.29, 0.717) is 0 Å². The van der Waals surface area contributed by atoms with Crippen LogP contribution in [-0.2, 0) is 10.3 Å². The molecule has 0 fully saturated rings. The van der Waals surface area contributed by atoms with E-state index < -0.39 is 10.3 Å². The van der Waals surface area contributed by atoms with Crippen LogP contribution in [0.3, 0.4) is 0 Å². The van der Waals surface area contributed by atoms with Crippen LogP contribution in [0.5, 0.6) is 0 Å². The number of rotatable bonds is 1. The zero-order valence-electron chi connectivity index (χ0n) is 4.39. The summed E-state index contributed by atoms with van der Waals surface area (Å²) in [6, 6.07) is 0. The molecule has 1 aliphatic rings. The van der Waals surface area contributed by atoms with Gasteiger partial charge in [0.25, 0.3) is 0 Å². The summed E-state index contributed by atoms with van der Waals surface area (Å²) in [6.45, 7) is 0. The molecule has 0 spiro atoms. The van der Waals surface area contributed by atoms with E-state index in [9.17, 15) is 8.42 Å². The summed E-state index contributed by atoms with van der Waals surface area (Å²) in [5.41, 5.74) is 0. The third kappa shape index (κ3) is 1.60. The van der Waals surface area contributed by atoms with Gasteiger partial charge in [0, 0.05) is 6.20 Å². The second-order valence-corrected chi connectivity index (χ2v) is 3.67. The minimum absolute atomic E-state index is 0.277. The molecule has 4 nitrogen and oxygen atoms in total. The van der Waals surface area contributed by atoms with E-state index in [1.54, 1.807) is 5.41 Å². The molecule has 9 heavy (non-hydrogen) atoms. The molecule has 1 rings (SSSR count). The molecular weight excluding hydrogens is 162 g/mol. The first-order chi connectivity index (χ1) is 4.11. The molecule has 0 radical (unpaired) electrons. The van der Waals surface area contributed by atoms with Crippen molar-refractivity contribution in [1.82, 2.24) is 4.31 Å². The van der Waals surface area contributed by atoms with Crippen molar-refractivity contribution in [3.05, 3.63) is 11.6 Å². The Morgan fingerprint density at radius 2 is 2.33 bits per heavy atom. The van der Waals surface area contributed by atoms with E-state index in [1.807, 2.05) is 0 Å². The first kappa shape index (κ1) is 6.91. The van der Waals surface area contributed by atoms with Crippen LogP contribution >= 0.6 is 11.8 Å². The van der Waals surface area contributed by atoms with Crippen molar-refractivity contribution < 1.29 is 13.0 Å². The standard InChI is InChI=1S/C3H5NO3S2/c5-9(6,7)4-1-2-8-3-4/h1-2H,3H2,(H,5,6,7). The lowest BCUT2D eigenvalue weighted by atomic mass is 11.0. The van der Waals surface area contributed by atoms with Crippen LogP contribution < -0.4 is 0 Å². The molecule has 0 bridgehead atoms. The third-order valence-electron chi connectivity index (χ3n) is 0.821. The Balaban J connectivity index is 2.76. The highest BCUT2D eigenvalue weighted by molar-refractivity contribution is 8.03. The molecule has 1 aliphatic heterocycles. The molecule has 0 aromatic heterocycles. The average Bonchev–Trinajstić information content (AvgIpc) is 2.08. The van der Waals surface area contributed by atoms with E-state index >= 15 is 0 Å². The molecule has 0 saturated carbocycles. The SMILES string of the molecule is O=S(=O)(O)N1C=CSC1. The summed E-state index contributed by atoms with van der Waals surface area (Å²) in [5.74, 6) is 0.277. The van der Waals surface area contributed by atoms with Crippen molar-refractivity contribution in [3.8, 4) is 0 Å². The summed E-state index contributed by atoms with van der Waals surface area (Å²) in [7, 11) is -3.98. The fourth-order valence-electron chi connectivity index (χ4n) is 0.414. The van der Waals surface area contributed by atoms with Gasteiger partial charge in [-0.05, 0) is 5.41 Å². The molecule has 0 amide bonds. The Morgan fingerprint density at radius 1 is 1.67 bits per heavy atom. The summed E-state index contributed by atoms with van der Waals surface area (Å²) < 4.78 is 29.7. The topological polar surface area (TPSA) is 57.6 Å². The largest absolute Gasteiger partial charge is 0.360 e. The molecule has 6 heteroatoms. The smallest absolute Gasteiger partial charge is 0.269 e. The molecule has 0 aromatic rings. The van der Waals surface area contributed by atoms with E-state index in [0.717, 1.165) is 4.31 Å². The predicted octanol–water partition coefficient (Wildman–Crippen LogP) is 0.267. The van der Waals surface area contributed by atoms with E-state index in [4.69, 9.17) is 4.55 Å². The summed E-state index contributed by atoms with van der Waals surface area (Å²) >= 11 is 1.32. The van der Waals surface area contributed by atoms with Gasteiger partial charge < -0.3 is 0 Å². The van der Waals surface area contributed by atoms with Crippen molar-refractivity contribution in [1.29, 1.82) is 0 Å². The average molecular weight is 167 g/mol. The van der Waals surface area contributed by atoms with Gasteiger partial charge in [-0.2, -0.15) is 8.42 Å². The van der Waals surface area contributed by atoms with Crippen molar-refractivity contribution in [2.75, 3.05) is 5.88 Å². The van der Waals surface area contributed by atoms with Crippen molar-refractivity contribution in [3.63, 3.8) is 0 Å². The third-order valence-corrected chi connectivity index (χ3v) is 2.57. The van der Waals surface area contributed by atoms with E-state index in [-0.39, 0.29) is 5.88 Å². The fraction of sp³-hybridized carbons (Fsp3) is 0.333. The molecule has 0 atom stereocenters. The van der Waals surface area contributed by atoms with Gasteiger partial charge in [-0.25, -0.2) is 4.31 Å². The number of nitrogens with zero attached hydrogens (tertiary/aromatic N) is 1. The maximum atomic E-state index is 10.3. The highest BCUT2D eigenvalue weighted by atomic mass is 32.2. The van der Waals surface area contributed by atoms with Gasteiger partial charge in [0.15, 0.2) is 0 Å². The van der Waals surface area contributed by atoms with Gasteiger partial charge in [-0.1, -0.05) is 0 Å². The van der Waals surface area contributed by atoms with Gasteiger partial charge in [-0.15, -0.1) is 11.8 Å². The zero-order valence-corrected chi connectivity index (χ0v) is 6.02. The normalized spacial score (nSPS) is 19.0. The Kier molecular flexibility index (Phi) is 1.69. The second kappa shape index (κ2) is 2.20. The monoisotopic (exact) mass is 167 g/mol. The lowest BCUT2D eigenvalue weighted by Crippen LogP contribution is -2.21. The quantitative estimate of drug-likeness (QED) is 0.569. The Morgan fingerprint density at radius 3 is 2.56 bits per heavy atom. The number of hydrogen-bond donors (Lipinski definition) is 1. The molecular formula is C3H5NO3S2. The Bertz CT molecular complexity index is 219. The van der Waals surface area contributed by atoms with Crippen molar-refractivity contribution >= 4 is 22.1 Å². The molecule has 0 unspecified atom stereocenters. The Labute approximate surface area is 57.4 Å². The number of thioether (sulfide) groups is 1. The summed E-state index contributed by atoms with van der Waals surface area (Å²) in [6.07, 6.45) is 1.32. The molecule has 1 N–H and O–H groups in total. The van der Waals surface area contributed by atoms with Crippen molar-refractivity contribution in [2.45, 2.75) is 0 Å². The second-order valence-electron chi connectivity index (χ2n) is 1.45. The van der Waals surface area contributed by atoms with E-state index in [2.05, 4.69) is 0 Å². The Hall–Kier alpha value is -0.200. The highest BCUT2D eigenvalue weighted by Crippen LogP contribution is 2.16. The lowest BCUT2D eigenvalue weighted by molar-refractivity contribution is 0.427. The first-order valence-corrected chi connectivity index (χ1v) is 4.58. The van der Waals surface area contributed by atoms with Gasteiger partial charge in [0.2, 0.25) is 0 Å². The van der Waals surface area contributed by atoms with Gasteiger partial charge >= 0.3 is 10.3 Å². The van der Waals surface area contributed by atoms with Crippen LogP contribution in [0.2, 0.25) is 0 Å². The van der Waals surface area contributed by atoms with Crippen LogP contribution in [0.15, 0.2) is 11.6 Å². The fourth-order valence-corrected chi connectivity index (χ4v) is 1.97. The van der Waals surface area contributed by atoms with Gasteiger partial charge in [-0.3, -0.25) is 4.55 Å². The van der Waals surface area contributed by atoms with Gasteiger partial charge in [0.1, 0.15) is 0 Å². The summed E-state index contributed by atoms with van der Waals surface area (Å²) in [5, 5.41) is 1.60. The van der Waals surface area contributed by atoms with Crippen LogP contribution in [-0.4, -0.2) is 23.2 Å². The molecule has 0 saturated heterocycles. The highest BCUT2D eigenvalue weighted by Gasteiger charge is 2.16. The lowest BCUT2D eigenvalue weighted by Gasteiger charge is -2.07.